The molecule has 4 unspecified atom stereocenters. The molecule has 1 aromatic rings. The molecule has 4 atom stereocenters. The molecule has 3 aliphatic rings. The molecule has 3 fully saturated rings. The van der Waals surface area contributed by atoms with Crippen LogP contribution in [0.1, 0.15) is 56.1 Å². The van der Waals surface area contributed by atoms with Crippen molar-refractivity contribution in [3.63, 3.8) is 0 Å². The zero-order valence-electron chi connectivity index (χ0n) is 17.0. The SMILES string of the molecule is CC(C=O)CN1CC2CCCC(c3ccc(CCN4CCCC4)cc3)C2C1. The second kappa shape index (κ2) is 8.87. The number of carbonyl (C=O) groups excluding carboxylic acids is 1. The molecule has 0 N–H and O–H groups in total. The van der Waals surface area contributed by atoms with Gasteiger partial charge in [0, 0.05) is 32.1 Å². The van der Waals surface area contributed by atoms with E-state index in [0.29, 0.717) is 5.92 Å². The average molecular weight is 369 g/mol. The first kappa shape index (κ1) is 19.1. The van der Waals surface area contributed by atoms with Gasteiger partial charge in [-0.1, -0.05) is 37.6 Å². The fraction of sp³-hybridized carbons (Fsp3) is 0.708. The summed E-state index contributed by atoms with van der Waals surface area (Å²) in [7, 11) is 0. The quantitative estimate of drug-likeness (QED) is 0.680. The van der Waals surface area contributed by atoms with Crippen molar-refractivity contribution in [2.24, 2.45) is 17.8 Å². The minimum absolute atomic E-state index is 0.165. The molecule has 1 aliphatic carbocycles. The molecular weight excluding hydrogens is 332 g/mol. The monoisotopic (exact) mass is 368 g/mol. The Kier molecular flexibility index (Phi) is 6.29. The van der Waals surface area contributed by atoms with Crippen LogP contribution in [0.3, 0.4) is 0 Å². The van der Waals surface area contributed by atoms with Crippen molar-refractivity contribution >= 4 is 6.29 Å². The lowest BCUT2D eigenvalue weighted by Crippen LogP contribution is -2.28. The van der Waals surface area contributed by atoms with Crippen LogP contribution in [0.5, 0.6) is 0 Å². The summed E-state index contributed by atoms with van der Waals surface area (Å²) in [5.41, 5.74) is 3.05. The van der Waals surface area contributed by atoms with Crippen LogP contribution >= 0.6 is 0 Å². The highest BCUT2D eigenvalue weighted by atomic mass is 16.1. The van der Waals surface area contributed by atoms with E-state index in [0.717, 1.165) is 24.7 Å². The predicted octanol–water partition coefficient (Wildman–Crippen LogP) is 3.98. The molecule has 2 aliphatic heterocycles. The number of hydrogen-bond donors (Lipinski definition) is 0. The molecule has 0 aromatic heterocycles. The summed E-state index contributed by atoms with van der Waals surface area (Å²) in [6.07, 6.45) is 9.14. The highest BCUT2D eigenvalue weighted by molar-refractivity contribution is 5.53. The molecule has 0 bridgehead atoms. The van der Waals surface area contributed by atoms with E-state index in [1.165, 1.54) is 76.8 Å². The molecule has 1 saturated carbocycles. The van der Waals surface area contributed by atoms with Gasteiger partial charge in [0.25, 0.3) is 0 Å². The van der Waals surface area contributed by atoms with E-state index in [4.69, 9.17) is 0 Å². The Balaban J connectivity index is 1.36. The highest BCUT2D eigenvalue weighted by Gasteiger charge is 2.40. The number of benzene rings is 1. The fourth-order valence-electron chi connectivity index (χ4n) is 5.80. The Bertz CT molecular complexity index is 607. The van der Waals surface area contributed by atoms with Gasteiger partial charge >= 0.3 is 0 Å². The third-order valence-electron chi connectivity index (χ3n) is 7.28. The van der Waals surface area contributed by atoms with E-state index in [1.54, 1.807) is 5.56 Å². The first-order chi connectivity index (χ1) is 13.2. The highest BCUT2D eigenvalue weighted by Crippen LogP contribution is 2.45. The van der Waals surface area contributed by atoms with Crippen LogP contribution in [0.25, 0.3) is 0 Å². The maximum atomic E-state index is 11.0. The molecule has 0 spiro atoms. The van der Waals surface area contributed by atoms with Crippen molar-refractivity contribution in [1.82, 2.24) is 9.80 Å². The molecule has 4 rings (SSSR count). The number of aldehydes is 1. The smallest absolute Gasteiger partial charge is 0.124 e. The predicted molar refractivity (Wildman–Crippen MR) is 111 cm³/mol. The fourth-order valence-corrected chi connectivity index (χ4v) is 5.80. The summed E-state index contributed by atoms with van der Waals surface area (Å²) in [5, 5.41) is 0. The molecule has 2 heterocycles. The van der Waals surface area contributed by atoms with Crippen LogP contribution in [0, 0.1) is 17.8 Å². The van der Waals surface area contributed by atoms with Crippen molar-refractivity contribution in [2.75, 3.05) is 39.3 Å². The number of carbonyl (C=O) groups is 1. The summed E-state index contributed by atoms with van der Waals surface area (Å²) in [4.78, 5) is 16.2. The number of nitrogens with zero attached hydrogens (tertiary/aromatic N) is 2. The molecule has 0 radical (unpaired) electrons. The Morgan fingerprint density at radius 1 is 1.04 bits per heavy atom. The molecular formula is C24H36N2O. The normalized spacial score (nSPS) is 30.3. The molecule has 0 amide bonds. The van der Waals surface area contributed by atoms with Gasteiger partial charge in [-0.2, -0.15) is 0 Å². The van der Waals surface area contributed by atoms with E-state index < -0.39 is 0 Å². The van der Waals surface area contributed by atoms with E-state index >= 15 is 0 Å². The largest absolute Gasteiger partial charge is 0.303 e. The van der Waals surface area contributed by atoms with Crippen LogP contribution in [0.2, 0.25) is 0 Å². The van der Waals surface area contributed by atoms with Gasteiger partial charge in [-0.3, -0.25) is 0 Å². The van der Waals surface area contributed by atoms with Crippen LogP contribution in [0.15, 0.2) is 24.3 Å². The van der Waals surface area contributed by atoms with Crippen molar-refractivity contribution in [3.05, 3.63) is 35.4 Å². The molecule has 27 heavy (non-hydrogen) atoms. The Hall–Kier alpha value is -1.19. The van der Waals surface area contributed by atoms with Gasteiger partial charge in [0.1, 0.15) is 6.29 Å². The molecule has 148 valence electrons. The maximum Gasteiger partial charge on any atom is 0.124 e. The molecule has 1 aromatic carbocycles. The number of hydrogen-bond acceptors (Lipinski definition) is 3. The van der Waals surface area contributed by atoms with Crippen molar-refractivity contribution in [2.45, 2.75) is 51.4 Å². The summed E-state index contributed by atoms with van der Waals surface area (Å²) in [6, 6.07) is 9.61. The summed E-state index contributed by atoms with van der Waals surface area (Å²) < 4.78 is 0. The van der Waals surface area contributed by atoms with Crippen LogP contribution in [-0.2, 0) is 11.2 Å². The number of likely N-dealkylation sites (tertiary alicyclic amines) is 2. The minimum Gasteiger partial charge on any atom is -0.303 e. The molecule has 3 heteroatoms. The first-order valence-electron chi connectivity index (χ1n) is 11.2. The second-order valence-electron chi connectivity index (χ2n) is 9.33. The minimum atomic E-state index is 0.165. The Morgan fingerprint density at radius 2 is 1.81 bits per heavy atom. The lowest BCUT2D eigenvalue weighted by Gasteiger charge is -2.33. The standard InChI is InChI=1S/C24H36N2O/c1-19(18-27)15-26-16-22-5-4-6-23(24(22)17-26)21-9-7-20(8-10-21)11-14-25-12-2-3-13-25/h7-10,18-19,22-24H,2-6,11-17H2,1H3. The Morgan fingerprint density at radius 3 is 2.56 bits per heavy atom. The zero-order valence-corrected chi connectivity index (χ0v) is 17.0. The van der Waals surface area contributed by atoms with Crippen LogP contribution in [0.4, 0.5) is 0 Å². The van der Waals surface area contributed by atoms with Gasteiger partial charge in [-0.05, 0) is 74.1 Å². The second-order valence-corrected chi connectivity index (χ2v) is 9.33. The van der Waals surface area contributed by atoms with Crippen molar-refractivity contribution in [3.8, 4) is 0 Å². The van der Waals surface area contributed by atoms with Gasteiger partial charge in [0.2, 0.25) is 0 Å². The third kappa shape index (κ3) is 4.63. The number of fused-ring (bicyclic) bond motifs is 1. The van der Waals surface area contributed by atoms with Crippen LogP contribution < -0.4 is 0 Å². The molecule has 3 nitrogen and oxygen atoms in total. The van der Waals surface area contributed by atoms with E-state index in [1.807, 2.05) is 6.92 Å². The van der Waals surface area contributed by atoms with E-state index in [2.05, 4.69) is 34.1 Å². The summed E-state index contributed by atoms with van der Waals surface area (Å²) in [5.74, 6) is 2.50. The van der Waals surface area contributed by atoms with Crippen molar-refractivity contribution < 1.29 is 4.79 Å². The van der Waals surface area contributed by atoms with Gasteiger partial charge in [0.15, 0.2) is 0 Å². The van der Waals surface area contributed by atoms with Crippen molar-refractivity contribution in [1.29, 1.82) is 0 Å². The summed E-state index contributed by atoms with van der Waals surface area (Å²) >= 11 is 0. The lowest BCUT2D eigenvalue weighted by atomic mass is 9.71. The molecule has 2 saturated heterocycles. The Labute approximate surface area is 165 Å². The van der Waals surface area contributed by atoms with E-state index in [9.17, 15) is 4.79 Å². The average Bonchev–Trinajstić information content (AvgIpc) is 3.35. The van der Waals surface area contributed by atoms with Crippen LogP contribution in [-0.4, -0.2) is 55.4 Å². The van der Waals surface area contributed by atoms with Gasteiger partial charge in [-0.15, -0.1) is 0 Å². The zero-order chi connectivity index (χ0) is 18.6. The summed E-state index contributed by atoms with van der Waals surface area (Å²) in [6.45, 7) is 9.19. The van der Waals surface area contributed by atoms with E-state index in [-0.39, 0.29) is 5.92 Å². The van der Waals surface area contributed by atoms with Gasteiger partial charge < -0.3 is 14.6 Å². The lowest BCUT2D eigenvalue weighted by molar-refractivity contribution is -0.111. The maximum absolute atomic E-state index is 11.0. The third-order valence-corrected chi connectivity index (χ3v) is 7.28. The first-order valence-corrected chi connectivity index (χ1v) is 11.2. The number of rotatable bonds is 7. The van der Waals surface area contributed by atoms with Gasteiger partial charge in [0.05, 0.1) is 0 Å². The van der Waals surface area contributed by atoms with Gasteiger partial charge in [-0.25, -0.2) is 0 Å². The topological polar surface area (TPSA) is 23.6 Å².